The Bertz CT molecular complexity index is 608. The van der Waals surface area contributed by atoms with Gasteiger partial charge in [-0.05, 0) is 55.4 Å². The molecule has 4 bridgehead atoms. The molecule has 0 aromatic heterocycles. The maximum atomic E-state index is 13.2. The van der Waals surface area contributed by atoms with Crippen molar-refractivity contribution in [2.45, 2.75) is 36.9 Å². The molecule has 4 nitrogen and oxygen atoms in total. The van der Waals surface area contributed by atoms with Gasteiger partial charge < -0.3 is 15.5 Å². The summed E-state index contributed by atoms with van der Waals surface area (Å²) in [4.78, 5) is 14.7. The second kappa shape index (κ2) is 3.77. The van der Waals surface area contributed by atoms with Crippen molar-refractivity contribution in [1.82, 2.24) is 10.6 Å². The van der Waals surface area contributed by atoms with Gasteiger partial charge in [-0.25, -0.2) is 4.39 Å². The van der Waals surface area contributed by atoms with E-state index in [9.17, 15) is 9.18 Å². The number of nitrogens with zero attached hydrogens (tertiary/aromatic N) is 1. The highest BCUT2D eigenvalue weighted by molar-refractivity contribution is 5.93. The molecule has 3 heterocycles. The van der Waals surface area contributed by atoms with Crippen LogP contribution in [0, 0.1) is 17.7 Å². The molecule has 5 unspecified atom stereocenters. The van der Waals surface area contributed by atoms with E-state index < -0.39 is 5.54 Å². The van der Waals surface area contributed by atoms with Gasteiger partial charge in [-0.2, -0.15) is 0 Å². The molecule has 1 aromatic rings. The summed E-state index contributed by atoms with van der Waals surface area (Å²) in [5.41, 5.74) is 0.496. The number of amides is 1. The predicted octanol–water partition coefficient (Wildman–Crippen LogP) is 1.23. The summed E-state index contributed by atoms with van der Waals surface area (Å²) >= 11 is 0. The first-order chi connectivity index (χ1) is 10.2. The summed E-state index contributed by atoms with van der Waals surface area (Å²) in [5, 5.41) is 6.68. The van der Waals surface area contributed by atoms with E-state index in [-0.39, 0.29) is 11.7 Å². The quantitative estimate of drug-likeness (QED) is 0.816. The van der Waals surface area contributed by atoms with Crippen LogP contribution in [0.2, 0.25) is 0 Å². The SMILES string of the molecule is O=C1NCN(c2ccc(F)cc2)C12CC1NC3CC1C3C2. The minimum Gasteiger partial charge on any atom is -0.339 e. The third kappa shape index (κ3) is 1.40. The predicted molar refractivity (Wildman–Crippen MR) is 76.2 cm³/mol. The molecule has 5 fully saturated rings. The number of nitrogens with one attached hydrogen (secondary N) is 2. The number of halogens is 1. The summed E-state index contributed by atoms with van der Waals surface area (Å²) in [7, 11) is 0. The van der Waals surface area contributed by atoms with Gasteiger partial charge in [0.25, 0.3) is 0 Å². The molecule has 3 saturated heterocycles. The lowest BCUT2D eigenvalue weighted by Crippen LogP contribution is -2.58. The molecule has 1 aromatic carbocycles. The monoisotopic (exact) mass is 287 g/mol. The molecule has 6 rings (SSSR count). The zero-order valence-corrected chi connectivity index (χ0v) is 11.7. The minimum absolute atomic E-state index is 0.143. The molecule has 1 amide bonds. The smallest absolute Gasteiger partial charge is 0.247 e. The summed E-state index contributed by atoms with van der Waals surface area (Å²) in [6.07, 6.45) is 3.08. The Hall–Kier alpha value is -1.62. The first-order valence-corrected chi connectivity index (χ1v) is 7.75. The van der Waals surface area contributed by atoms with E-state index in [1.165, 1.54) is 18.6 Å². The molecule has 3 aliphatic heterocycles. The second-order valence-electron chi connectivity index (χ2n) is 6.95. The van der Waals surface area contributed by atoms with E-state index in [0.29, 0.717) is 24.7 Å². The van der Waals surface area contributed by atoms with Crippen LogP contribution >= 0.6 is 0 Å². The third-order valence-corrected chi connectivity index (χ3v) is 6.14. The summed E-state index contributed by atoms with van der Waals surface area (Å²) in [6, 6.07) is 7.59. The third-order valence-electron chi connectivity index (χ3n) is 6.14. The summed E-state index contributed by atoms with van der Waals surface area (Å²) in [5.74, 6) is 1.31. The average molecular weight is 287 g/mol. The molecule has 5 heteroatoms. The number of rotatable bonds is 1. The zero-order chi connectivity index (χ0) is 14.2. The lowest BCUT2D eigenvalue weighted by molar-refractivity contribution is -0.126. The van der Waals surface area contributed by atoms with Crippen molar-refractivity contribution in [2.24, 2.45) is 11.8 Å². The normalized spacial score (nSPS) is 43.1. The Balaban J connectivity index is 1.54. The van der Waals surface area contributed by atoms with Crippen LogP contribution in [0.25, 0.3) is 0 Å². The number of carbonyl (C=O) groups is 1. The van der Waals surface area contributed by atoms with Crippen LogP contribution in [-0.4, -0.2) is 30.2 Å². The van der Waals surface area contributed by atoms with Gasteiger partial charge in [0.1, 0.15) is 11.4 Å². The first kappa shape index (κ1) is 12.0. The number of carbonyl (C=O) groups excluding carboxylic acids is 1. The molecule has 110 valence electrons. The number of benzene rings is 1. The first-order valence-electron chi connectivity index (χ1n) is 7.75. The molecular weight excluding hydrogens is 269 g/mol. The van der Waals surface area contributed by atoms with Crippen molar-refractivity contribution in [3.8, 4) is 0 Å². The van der Waals surface area contributed by atoms with Crippen molar-refractivity contribution < 1.29 is 9.18 Å². The number of anilines is 1. The fourth-order valence-electron chi connectivity index (χ4n) is 5.09. The van der Waals surface area contributed by atoms with Crippen LogP contribution in [0.3, 0.4) is 0 Å². The van der Waals surface area contributed by atoms with Crippen molar-refractivity contribution in [3.05, 3.63) is 30.1 Å². The Morgan fingerprint density at radius 3 is 2.71 bits per heavy atom. The van der Waals surface area contributed by atoms with Gasteiger partial charge in [0.2, 0.25) is 5.91 Å². The van der Waals surface area contributed by atoms with Gasteiger partial charge in [0.15, 0.2) is 0 Å². The van der Waals surface area contributed by atoms with E-state index in [1.54, 1.807) is 12.1 Å². The van der Waals surface area contributed by atoms with Crippen LogP contribution in [0.5, 0.6) is 0 Å². The topological polar surface area (TPSA) is 44.4 Å². The molecule has 2 saturated carbocycles. The van der Waals surface area contributed by atoms with Crippen molar-refractivity contribution >= 4 is 11.6 Å². The van der Waals surface area contributed by atoms with E-state index >= 15 is 0 Å². The fraction of sp³-hybridized carbons (Fsp3) is 0.562. The Labute approximate surface area is 122 Å². The van der Waals surface area contributed by atoms with Gasteiger partial charge >= 0.3 is 0 Å². The van der Waals surface area contributed by atoms with Gasteiger partial charge in [0.05, 0.1) is 6.67 Å². The lowest BCUT2D eigenvalue weighted by Gasteiger charge is -2.49. The minimum atomic E-state index is -0.439. The molecule has 2 aliphatic carbocycles. The standard InChI is InChI=1S/C16H18FN3O/c17-9-1-3-10(4-2-9)20-8-18-15(21)16(20)6-12-11-5-13(12)19-14(11)7-16/h1-4,11-14,19H,5-8H2,(H,18,21). The lowest BCUT2D eigenvalue weighted by atomic mass is 9.60. The highest BCUT2D eigenvalue weighted by Crippen LogP contribution is 2.56. The molecule has 2 N–H and O–H groups in total. The van der Waals surface area contributed by atoms with Gasteiger partial charge in [-0.1, -0.05) is 0 Å². The summed E-state index contributed by atoms with van der Waals surface area (Å²) < 4.78 is 13.2. The van der Waals surface area contributed by atoms with Gasteiger partial charge in [0, 0.05) is 17.8 Å². The highest BCUT2D eigenvalue weighted by Gasteiger charge is 2.65. The molecule has 5 aliphatic rings. The maximum absolute atomic E-state index is 13.2. The van der Waals surface area contributed by atoms with Gasteiger partial charge in [-0.3, -0.25) is 4.79 Å². The zero-order valence-electron chi connectivity index (χ0n) is 11.7. The van der Waals surface area contributed by atoms with E-state index in [4.69, 9.17) is 0 Å². The van der Waals surface area contributed by atoms with E-state index in [2.05, 4.69) is 15.5 Å². The molecule has 21 heavy (non-hydrogen) atoms. The van der Waals surface area contributed by atoms with Crippen LogP contribution in [0.1, 0.15) is 19.3 Å². The number of hydrogen-bond donors (Lipinski definition) is 2. The van der Waals surface area contributed by atoms with Crippen LogP contribution in [0.15, 0.2) is 24.3 Å². The number of hydrogen-bond acceptors (Lipinski definition) is 3. The molecular formula is C16H18FN3O. The van der Waals surface area contributed by atoms with Gasteiger partial charge in [-0.15, -0.1) is 0 Å². The van der Waals surface area contributed by atoms with Crippen molar-refractivity contribution in [2.75, 3.05) is 11.6 Å². The molecule has 1 spiro atoms. The van der Waals surface area contributed by atoms with Crippen LogP contribution in [-0.2, 0) is 4.79 Å². The average Bonchev–Trinajstić information content (AvgIpc) is 3.08. The second-order valence-corrected chi connectivity index (χ2v) is 6.95. The Kier molecular flexibility index (Phi) is 2.15. The fourth-order valence-corrected chi connectivity index (χ4v) is 5.09. The van der Waals surface area contributed by atoms with E-state index in [1.807, 2.05) is 0 Å². The Morgan fingerprint density at radius 2 is 1.95 bits per heavy atom. The van der Waals surface area contributed by atoms with Crippen molar-refractivity contribution in [3.63, 3.8) is 0 Å². The Morgan fingerprint density at radius 1 is 1.14 bits per heavy atom. The highest BCUT2D eigenvalue weighted by atomic mass is 19.1. The molecule has 0 radical (unpaired) electrons. The maximum Gasteiger partial charge on any atom is 0.247 e. The van der Waals surface area contributed by atoms with Crippen LogP contribution < -0.4 is 15.5 Å². The van der Waals surface area contributed by atoms with E-state index in [0.717, 1.165) is 24.4 Å². The van der Waals surface area contributed by atoms with Crippen molar-refractivity contribution in [1.29, 1.82) is 0 Å². The van der Waals surface area contributed by atoms with Crippen LogP contribution in [0.4, 0.5) is 10.1 Å². The largest absolute Gasteiger partial charge is 0.339 e. The summed E-state index contributed by atoms with van der Waals surface area (Å²) in [6.45, 7) is 0.527. The molecule has 5 atom stereocenters.